The summed E-state index contributed by atoms with van der Waals surface area (Å²) in [6.07, 6.45) is 10.5. The first-order valence-corrected chi connectivity index (χ1v) is 10.0. The second-order valence-electron chi connectivity index (χ2n) is 8.46. The molecule has 4 atom stereocenters. The highest BCUT2D eigenvalue weighted by Gasteiger charge is 2.60. The first kappa shape index (κ1) is 15.0. The fraction of sp³-hybridized carbons (Fsp3) is 0.565. The van der Waals surface area contributed by atoms with Crippen molar-refractivity contribution in [3.05, 3.63) is 48.0 Å². The molecule has 3 aliphatic carbocycles. The van der Waals surface area contributed by atoms with Gasteiger partial charge in [-0.1, -0.05) is 68.1 Å². The zero-order valence-electron chi connectivity index (χ0n) is 14.5. The Labute approximate surface area is 145 Å². The fourth-order valence-corrected chi connectivity index (χ4v) is 6.69. The zero-order valence-corrected chi connectivity index (χ0v) is 14.5. The van der Waals surface area contributed by atoms with Gasteiger partial charge >= 0.3 is 0 Å². The number of hydrogen-bond donors (Lipinski definition) is 1. The summed E-state index contributed by atoms with van der Waals surface area (Å²) in [6.45, 7) is 0. The molecule has 0 bridgehead atoms. The Kier molecular flexibility index (Phi) is 3.49. The van der Waals surface area contributed by atoms with E-state index >= 15 is 0 Å². The number of aliphatic hydroxyl groups is 1. The number of rotatable bonds is 1. The summed E-state index contributed by atoms with van der Waals surface area (Å²) in [7, 11) is 0. The van der Waals surface area contributed by atoms with Crippen LogP contribution < -0.4 is 0 Å². The lowest BCUT2D eigenvalue weighted by Gasteiger charge is -2.40. The third-order valence-electron chi connectivity index (χ3n) is 7.54. The highest BCUT2D eigenvalue weighted by molar-refractivity contribution is 5.86. The average molecular weight is 320 g/mol. The van der Waals surface area contributed by atoms with Gasteiger partial charge in [0.15, 0.2) is 0 Å². The Hall–Kier alpha value is -1.34. The van der Waals surface area contributed by atoms with Crippen LogP contribution in [-0.4, -0.2) is 5.11 Å². The highest BCUT2D eigenvalue weighted by atomic mass is 16.3. The van der Waals surface area contributed by atoms with Crippen LogP contribution in [-0.2, 0) is 5.60 Å². The van der Waals surface area contributed by atoms with Crippen molar-refractivity contribution in [1.29, 1.82) is 0 Å². The van der Waals surface area contributed by atoms with Crippen LogP contribution in [0.3, 0.4) is 0 Å². The van der Waals surface area contributed by atoms with Crippen molar-refractivity contribution in [3.8, 4) is 0 Å². The van der Waals surface area contributed by atoms with Crippen LogP contribution in [0.1, 0.15) is 56.9 Å². The Balaban J connectivity index is 1.71. The van der Waals surface area contributed by atoms with Gasteiger partial charge in [0, 0.05) is 0 Å². The maximum absolute atomic E-state index is 12.3. The summed E-state index contributed by atoms with van der Waals surface area (Å²) in [5.41, 5.74) is 0.628. The monoisotopic (exact) mass is 320 g/mol. The molecule has 0 spiro atoms. The quantitative estimate of drug-likeness (QED) is 0.719. The molecule has 0 amide bonds. The molecule has 2 aromatic carbocycles. The molecular weight excluding hydrogens is 292 g/mol. The summed E-state index contributed by atoms with van der Waals surface area (Å²) < 4.78 is 0. The van der Waals surface area contributed by atoms with E-state index in [2.05, 4.69) is 42.5 Å². The van der Waals surface area contributed by atoms with E-state index in [1.807, 2.05) is 0 Å². The maximum atomic E-state index is 12.3. The lowest BCUT2D eigenvalue weighted by molar-refractivity contribution is -0.0638. The van der Waals surface area contributed by atoms with Gasteiger partial charge in [-0.15, -0.1) is 0 Å². The smallest absolute Gasteiger partial charge is 0.0964 e. The standard InChI is InChI=1S/C23H28O/c24-23(20-15-7-9-16-8-1-2-10-17(16)20)21-13-5-3-11-18(21)19-12-4-6-14-22(19)23/h1-2,7-10,15,18-19,21-22,24H,3-6,11-14H2/t18-,19-,21-,22-/m1/s1. The van der Waals surface area contributed by atoms with E-state index in [9.17, 15) is 5.11 Å². The van der Waals surface area contributed by atoms with Crippen LogP contribution in [0.2, 0.25) is 0 Å². The normalized spacial score (nSPS) is 38.7. The number of hydrogen-bond acceptors (Lipinski definition) is 1. The fourth-order valence-electron chi connectivity index (χ4n) is 6.69. The summed E-state index contributed by atoms with van der Waals surface area (Å²) in [5, 5.41) is 14.8. The molecule has 0 heterocycles. The molecule has 0 saturated heterocycles. The van der Waals surface area contributed by atoms with Crippen molar-refractivity contribution in [2.45, 2.75) is 57.0 Å². The van der Waals surface area contributed by atoms with Gasteiger partial charge in [-0.2, -0.15) is 0 Å². The van der Waals surface area contributed by atoms with Crippen LogP contribution in [0.5, 0.6) is 0 Å². The van der Waals surface area contributed by atoms with Crippen LogP contribution in [0.4, 0.5) is 0 Å². The second-order valence-corrected chi connectivity index (χ2v) is 8.46. The predicted octanol–water partition coefficient (Wildman–Crippen LogP) is 5.65. The largest absolute Gasteiger partial charge is 0.385 e. The molecule has 1 nitrogen and oxygen atoms in total. The van der Waals surface area contributed by atoms with Crippen molar-refractivity contribution in [2.75, 3.05) is 0 Å². The van der Waals surface area contributed by atoms with E-state index in [1.54, 1.807) is 0 Å². The second kappa shape index (κ2) is 5.59. The van der Waals surface area contributed by atoms with Crippen molar-refractivity contribution in [1.82, 2.24) is 0 Å². The molecule has 1 heteroatoms. The van der Waals surface area contributed by atoms with E-state index in [0.29, 0.717) is 11.8 Å². The predicted molar refractivity (Wildman–Crippen MR) is 98.7 cm³/mol. The van der Waals surface area contributed by atoms with Gasteiger partial charge < -0.3 is 5.11 Å². The van der Waals surface area contributed by atoms with Gasteiger partial charge in [-0.05, 0) is 65.7 Å². The van der Waals surface area contributed by atoms with Crippen molar-refractivity contribution < 1.29 is 5.11 Å². The van der Waals surface area contributed by atoms with Gasteiger partial charge in [0.25, 0.3) is 0 Å². The SMILES string of the molecule is OC1(c2cccc3ccccc23)[C@@H]2CCCC[C@@H]2[C@H]2CCCC[C@H]21. The number of benzene rings is 2. The summed E-state index contributed by atoms with van der Waals surface area (Å²) in [4.78, 5) is 0. The first-order valence-electron chi connectivity index (χ1n) is 10.0. The minimum absolute atomic E-state index is 0.477. The van der Waals surface area contributed by atoms with Crippen LogP contribution in [0, 0.1) is 23.7 Å². The van der Waals surface area contributed by atoms with Crippen LogP contribution in [0.25, 0.3) is 10.8 Å². The average Bonchev–Trinajstić information content (AvgIpc) is 2.92. The van der Waals surface area contributed by atoms with Gasteiger partial charge in [-0.25, -0.2) is 0 Å². The Bertz CT molecular complexity index is 721. The summed E-state index contributed by atoms with van der Waals surface area (Å²) in [5.74, 6) is 2.47. The van der Waals surface area contributed by atoms with E-state index in [4.69, 9.17) is 0 Å². The molecule has 0 unspecified atom stereocenters. The molecule has 126 valence electrons. The third-order valence-corrected chi connectivity index (χ3v) is 7.54. The Morgan fingerprint density at radius 1 is 0.708 bits per heavy atom. The third kappa shape index (κ3) is 1.97. The number of fused-ring (bicyclic) bond motifs is 4. The van der Waals surface area contributed by atoms with Gasteiger partial charge in [0.2, 0.25) is 0 Å². The Morgan fingerprint density at radius 2 is 1.29 bits per heavy atom. The van der Waals surface area contributed by atoms with Crippen LogP contribution in [0.15, 0.2) is 42.5 Å². The lowest BCUT2D eigenvalue weighted by Crippen LogP contribution is -2.40. The van der Waals surface area contributed by atoms with Gasteiger partial charge in [-0.3, -0.25) is 0 Å². The van der Waals surface area contributed by atoms with Crippen molar-refractivity contribution in [2.24, 2.45) is 23.7 Å². The minimum atomic E-state index is -0.600. The Morgan fingerprint density at radius 3 is 2.00 bits per heavy atom. The highest BCUT2D eigenvalue weighted by Crippen LogP contribution is 2.63. The van der Waals surface area contributed by atoms with Crippen molar-refractivity contribution >= 4 is 10.8 Å². The first-order chi connectivity index (χ1) is 11.8. The van der Waals surface area contributed by atoms with Gasteiger partial charge in [0.05, 0.1) is 5.60 Å². The molecule has 3 aliphatic rings. The van der Waals surface area contributed by atoms with E-state index in [0.717, 1.165) is 11.8 Å². The molecule has 3 fully saturated rings. The van der Waals surface area contributed by atoms with Crippen molar-refractivity contribution in [3.63, 3.8) is 0 Å². The minimum Gasteiger partial charge on any atom is -0.385 e. The summed E-state index contributed by atoms with van der Waals surface area (Å²) >= 11 is 0. The topological polar surface area (TPSA) is 20.2 Å². The van der Waals surface area contributed by atoms with Gasteiger partial charge in [0.1, 0.15) is 0 Å². The van der Waals surface area contributed by atoms with E-state index in [1.165, 1.54) is 67.7 Å². The molecule has 24 heavy (non-hydrogen) atoms. The maximum Gasteiger partial charge on any atom is 0.0964 e. The molecule has 5 rings (SSSR count). The zero-order chi connectivity index (χ0) is 16.1. The molecule has 3 saturated carbocycles. The van der Waals surface area contributed by atoms with Crippen LogP contribution >= 0.6 is 0 Å². The van der Waals surface area contributed by atoms with E-state index < -0.39 is 5.60 Å². The summed E-state index contributed by atoms with van der Waals surface area (Å²) in [6, 6.07) is 15.2. The molecular formula is C23H28O. The lowest BCUT2D eigenvalue weighted by atomic mass is 9.69. The molecule has 1 N–H and O–H groups in total. The molecule has 0 radical (unpaired) electrons. The molecule has 0 aliphatic heterocycles. The molecule has 0 aromatic heterocycles. The molecule has 2 aromatic rings. The van der Waals surface area contributed by atoms with E-state index in [-0.39, 0.29) is 0 Å².